The molecule has 2 unspecified atom stereocenters. The highest BCUT2D eigenvalue weighted by atomic mass is 16.5. The molecular formula is C65H123NO5. The van der Waals surface area contributed by atoms with Crippen LogP contribution in [0.3, 0.4) is 0 Å². The predicted octanol–water partition coefficient (Wildman–Crippen LogP) is 20.0. The fraction of sp³-hybridized carbons (Fsp3) is 0.877. The Morgan fingerprint density at radius 1 is 0.394 bits per heavy atom. The second-order valence-corrected chi connectivity index (χ2v) is 21.7. The van der Waals surface area contributed by atoms with Crippen molar-refractivity contribution in [3.05, 3.63) is 36.5 Å². The molecule has 0 saturated carbocycles. The molecule has 0 aliphatic carbocycles. The Bertz CT molecular complexity index is 1150. The fourth-order valence-electron chi connectivity index (χ4n) is 9.78. The third-order valence-corrected chi connectivity index (χ3v) is 14.7. The number of ether oxygens (including phenoxy) is 1. The molecule has 2 atom stereocenters. The van der Waals surface area contributed by atoms with E-state index in [1.54, 1.807) is 0 Å². The summed E-state index contributed by atoms with van der Waals surface area (Å²) in [5.41, 5.74) is 0. The van der Waals surface area contributed by atoms with E-state index in [4.69, 9.17) is 4.74 Å². The van der Waals surface area contributed by atoms with Crippen LogP contribution in [0.5, 0.6) is 0 Å². The molecule has 0 aliphatic heterocycles. The topological polar surface area (TPSA) is 95.9 Å². The number of rotatable bonds is 59. The molecule has 0 rings (SSSR count). The van der Waals surface area contributed by atoms with Crippen LogP contribution in [-0.2, 0) is 14.3 Å². The van der Waals surface area contributed by atoms with Crippen LogP contribution >= 0.6 is 0 Å². The minimum absolute atomic E-state index is 0.000831. The lowest BCUT2D eigenvalue weighted by atomic mass is 10.0. The Balaban J connectivity index is 3.43. The molecule has 0 radical (unpaired) electrons. The van der Waals surface area contributed by atoms with Crippen molar-refractivity contribution in [1.82, 2.24) is 5.32 Å². The molecule has 0 aliphatic rings. The van der Waals surface area contributed by atoms with Crippen molar-refractivity contribution in [2.24, 2.45) is 0 Å². The maximum atomic E-state index is 12.5. The highest BCUT2D eigenvalue weighted by molar-refractivity contribution is 5.76. The summed E-state index contributed by atoms with van der Waals surface area (Å²) in [7, 11) is 0. The number of nitrogens with one attached hydrogen (secondary N) is 1. The van der Waals surface area contributed by atoms with Gasteiger partial charge in [-0.25, -0.2) is 0 Å². The summed E-state index contributed by atoms with van der Waals surface area (Å²) < 4.78 is 5.49. The first-order valence-corrected chi connectivity index (χ1v) is 31.7. The zero-order valence-corrected chi connectivity index (χ0v) is 47.7. The van der Waals surface area contributed by atoms with E-state index in [1.165, 1.54) is 257 Å². The maximum Gasteiger partial charge on any atom is 0.305 e. The summed E-state index contributed by atoms with van der Waals surface area (Å²) in [6, 6.07) is -0.548. The predicted molar refractivity (Wildman–Crippen MR) is 310 cm³/mol. The number of allylic oxidation sites excluding steroid dienone is 6. The molecule has 0 spiro atoms. The standard InChI is InChI=1S/C65H123NO5/c1-3-5-7-9-11-13-15-17-19-21-27-31-35-39-43-47-51-55-59-65(70)71-60-56-52-48-44-40-36-32-28-25-23-22-24-26-30-34-38-42-46-50-54-58-64(69)66-62(61-67)63(68)57-53-49-45-41-37-33-29-20-18-16-14-12-10-8-6-4-2/h13,15,19,21-22,24,62-63,67-68H,3-12,14,16-18,20,23,25-61H2,1-2H3,(H,66,69)/b15-13-,21-19-,24-22-. The van der Waals surface area contributed by atoms with Gasteiger partial charge >= 0.3 is 5.97 Å². The zero-order valence-electron chi connectivity index (χ0n) is 47.7. The summed E-state index contributed by atoms with van der Waals surface area (Å²) in [5, 5.41) is 23.3. The van der Waals surface area contributed by atoms with E-state index in [9.17, 15) is 19.8 Å². The van der Waals surface area contributed by atoms with Gasteiger partial charge in [0, 0.05) is 12.8 Å². The first kappa shape index (κ1) is 69.1. The monoisotopic (exact) mass is 998 g/mol. The van der Waals surface area contributed by atoms with Crippen molar-refractivity contribution >= 4 is 11.9 Å². The average molecular weight is 999 g/mol. The molecule has 6 nitrogen and oxygen atoms in total. The molecular weight excluding hydrogens is 875 g/mol. The van der Waals surface area contributed by atoms with Gasteiger partial charge in [-0.1, -0.05) is 281 Å². The number of carbonyl (C=O) groups excluding carboxylic acids is 2. The van der Waals surface area contributed by atoms with E-state index < -0.39 is 12.1 Å². The van der Waals surface area contributed by atoms with Gasteiger partial charge in [0.25, 0.3) is 0 Å². The van der Waals surface area contributed by atoms with E-state index in [0.29, 0.717) is 25.9 Å². The Hall–Kier alpha value is -1.92. The third-order valence-electron chi connectivity index (χ3n) is 14.7. The van der Waals surface area contributed by atoms with E-state index >= 15 is 0 Å². The lowest BCUT2D eigenvalue weighted by Gasteiger charge is -2.22. The Morgan fingerprint density at radius 3 is 1.10 bits per heavy atom. The van der Waals surface area contributed by atoms with Gasteiger partial charge in [-0.3, -0.25) is 9.59 Å². The average Bonchev–Trinajstić information content (AvgIpc) is 3.37. The molecule has 0 aromatic heterocycles. The highest BCUT2D eigenvalue weighted by Crippen LogP contribution is 2.17. The van der Waals surface area contributed by atoms with Gasteiger partial charge in [0.2, 0.25) is 5.91 Å². The van der Waals surface area contributed by atoms with Gasteiger partial charge in [-0.15, -0.1) is 0 Å². The number of hydrogen-bond donors (Lipinski definition) is 3. The van der Waals surface area contributed by atoms with Crippen molar-refractivity contribution in [2.45, 2.75) is 353 Å². The van der Waals surface area contributed by atoms with Crippen LogP contribution in [0.1, 0.15) is 341 Å². The van der Waals surface area contributed by atoms with Gasteiger partial charge in [0.1, 0.15) is 0 Å². The van der Waals surface area contributed by atoms with Crippen LogP contribution in [-0.4, -0.2) is 47.4 Å². The van der Waals surface area contributed by atoms with E-state index in [2.05, 4.69) is 55.6 Å². The van der Waals surface area contributed by atoms with Crippen molar-refractivity contribution < 1.29 is 24.5 Å². The Kier molecular flexibility index (Phi) is 59.0. The van der Waals surface area contributed by atoms with Crippen LogP contribution in [0, 0.1) is 0 Å². The number of carbonyl (C=O) groups is 2. The number of esters is 1. The third kappa shape index (κ3) is 57.2. The number of amides is 1. The molecule has 0 saturated heterocycles. The van der Waals surface area contributed by atoms with Gasteiger partial charge in [-0.2, -0.15) is 0 Å². The molecule has 0 aromatic rings. The summed E-state index contributed by atoms with van der Waals surface area (Å²) in [4.78, 5) is 24.6. The second kappa shape index (κ2) is 60.6. The zero-order chi connectivity index (χ0) is 51.4. The summed E-state index contributed by atoms with van der Waals surface area (Å²) in [6.07, 6.45) is 75.8. The second-order valence-electron chi connectivity index (χ2n) is 21.7. The maximum absolute atomic E-state index is 12.5. The Labute approximate surface area is 443 Å². The molecule has 0 bridgehead atoms. The minimum Gasteiger partial charge on any atom is -0.466 e. The first-order valence-electron chi connectivity index (χ1n) is 31.7. The molecule has 418 valence electrons. The summed E-state index contributed by atoms with van der Waals surface area (Å²) >= 11 is 0. The van der Waals surface area contributed by atoms with Gasteiger partial charge < -0.3 is 20.3 Å². The van der Waals surface area contributed by atoms with Gasteiger partial charge in [0.15, 0.2) is 0 Å². The van der Waals surface area contributed by atoms with Crippen molar-refractivity contribution in [3.8, 4) is 0 Å². The van der Waals surface area contributed by atoms with Crippen molar-refractivity contribution in [2.75, 3.05) is 13.2 Å². The van der Waals surface area contributed by atoms with E-state index in [0.717, 1.165) is 51.4 Å². The quantitative estimate of drug-likeness (QED) is 0.0321. The molecule has 0 heterocycles. The van der Waals surface area contributed by atoms with Crippen LogP contribution in [0.15, 0.2) is 36.5 Å². The molecule has 6 heteroatoms. The van der Waals surface area contributed by atoms with Crippen LogP contribution in [0.2, 0.25) is 0 Å². The molecule has 3 N–H and O–H groups in total. The SMILES string of the molecule is CCCCCC/C=C\C/C=C\CCCCCCCCCC(=O)OCCCCCCCCCCC/C=C\CCCCCCCCCC(=O)NC(CO)C(O)CCCCCCCCCCCCCCCCCC. The van der Waals surface area contributed by atoms with E-state index in [1.807, 2.05) is 0 Å². The first-order chi connectivity index (χ1) is 35.0. The Morgan fingerprint density at radius 2 is 0.704 bits per heavy atom. The molecule has 71 heavy (non-hydrogen) atoms. The number of hydrogen-bond acceptors (Lipinski definition) is 5. The van der Waals surface area contributed by atoms with Crippen LogP contribution in [0.25, 0.3) is 0 Å². The van der Waals surface area contributed by atoms with Crippen LogP contribution in [0.4, 0.5) is 0 Å². The van der Waals surface area contributed by atoms with Crippen LogP contribution < -0.4 is 5.32 Å². The molecule has 0 fully saturated rings. The number of aliphatic hydroxyl groups excluding tert-OH is 2. The lowest BCUT2D eigenvalue weighted by molar-refractivity contribution is -0.143. The van der Waals surface area contributed by atoms with Crippen molar-refractivity contribution in [3.63, 3.8) is 0 Å². The summed E-state index contributed by atoms with van der Waals surface area (Å²) in [5.74, 6) is -0.0429. The van der Waals surface area contributed by atoms with Gasteiger partial charge in [-0.05, 0) is 83.5 Å². The molecule has 0 aromatic carbocycles. The number of aliphatic hydroxyl groups is 2. The number of unbranched alkanes of at least 4 members (excludes halogenated alkanes) is 42. The molecule has 1 amide bonds. The lowest BCUT2D eigenvalue weighted by Crippen LogP contribution is -2.45. The highest BCUT2D eigenvalue weighted by Gasteiger charge is 2.20. The van der Waals surface area contributed by atoms with E-state index in [-0.39, 0.29) is 18.5 Å². The van der Waals surface area contributed by atoms with Crippen molar-refractivity contribution in [1.29, 1.82) is 0 Å². The summed E-state index contributed by atoms with van der Waals surface area (Å²) in [6.45, 7) is 4.94. The smallest absolute Gasteiger partial charge is 0.305 e. The van der Waals surface area contributed by atoms with Gasteiger partial charge in [0.05, 0.1) is 25.4 Å². The largest absolute Gasteiger partial charge is 0.466 e. The minimum atomic E-state index is -0.670. The normalized spacial score (nSPS) is 12.8. The fourth-order valence-corrected chi connectivity index (χ4v) is 9.78.